The Balaban J connectivity index is 1.72. The summed E-state index contributed by atoms with van der Waals surface area (Å²) in [7, 11) is 3.50. The molecular formula is C19H25N5O3. The normalized spacial score (nSPS) is 17.3. The van der Waals surface area contributed by atoms with Gasteiger partial charge in [-0.2, -0.15) is 0 Å². The number of likely N-dealkylation sites (N-methyl/N-ethyl adjacent to an activating group) is 2. The molecule has 2 aliphatic rings. The van der Waals surface area contributed by atoms with Crippen molar-refractivity contribution >= 4 is 11.8 Å². The first-order valence-electron chi connectivity index (χ1n) is 9.14. The molecule has 8 heteroatoms. The Morgan fingerprint density at radius 1 is 0.963 bits per heavy atom. The second-order valence-electron chi connectivity index (χ2n) is 6.74. The molecule has 8 nitrogen and oxygen atoms in total. The van der Waals surface area contributed by atoms with E-state index < -0.39 is 0 Å². The van der Waals surface area contributed by atoms with E-state index in [2.05, 4.69) is 10.3 Å². The molecule has 0 aliphatic carbocycles. The van der Waals surface area contributed by atoms with Gasteiger partial charge in [0.05, 0.1) is 12.3 Å². The van der Waals surface area contributed by atoms with Gasteiger partial charge in [-0.1, -0.05) is 5.21 Å². The number of hydrogen-bond donors (Lipinski definition) is 0. The molecule has 1 aromatic carbocycles. The predicted molar refractivity (Wildman–Crippen MR) is 99.5 cm³/mol. The summed E-state index contributed by atoms with van der Waals surface area (Å²) in [6, 6.07) is 7.14. The zero-order chi connectivity index (χ0) is 19.2. The van der Waals surface area contributed by atoms with Crippen LogP contribution < -0.4 is 4.74 Å². The number of benzene rings is 1. The number of rotatable bonds is 0. The summed E-state index contributed by atoms with van der Waals surface area (Å²) in [5.41, 5.74) is 1.41. The van der Waals surface area contributed by atoms with E-state index in [-0.39, 0.29) is 11.8 Å². The summed E-state index contributed by atoms with van der Waals surface area (Å²) in [6.07, 6.45) is 3.59. The number of nitrogens with zero attached hydrogens (tertiary/aromatic N) is 5. The van der Waals surface area contributed by atoms with Crippen molar-refractivity contribution in [2.75, 3.05) is 33.8 Å². The van der Waals surface area contributed by atoms with Gasteiger partial charge in [0.1, 0.15) is 5.75 Å². The molecule has 2 amide bonds. The molecule has 3 heterocycles. The molecule has 0 unspecified atom stereocenters. The van der Waals surface area contributed by atoms with Crippen LogP contribution in [0.25, 0.3) is 0 Å². The van der Waals surface area contributed by atoms with Gasteiger partial charge in [-0.05, 0) is 24.3 Å². The summed E-state index contributed by atoms with van der Waals surface area (Å²) in [6.45, 7) is 2.19. The maximum atomic E-state index is 12.5. The van der Waals surface area contributed by atoms with Crippen LogP contribution in [0.5, 0.6) is 5.75 Å². The van der Waals surface area contributed by atoms with Gasteiger partial charge in [0.25, 0.3) is 5.91 Å². The van der Waals surface area contributed by atoms with Crippen molar-refractivity contribution in [2.45, 2.75) is 25.8 Å². The van der Waals surface area contributed by atoms with E-state index in [1.54, 1.807) is 52.8 Å². The molecule has 0 radical (unpaired) electrons. The lowest BCUT2D eigenvalue weighted by molar-refractivity contribution is -0.130. The van der Waals surface area contributed by atoms with Crippen LogP contribution in [-0.4, -0.2) is 70.4 Å². The average molecular weight is 371 g/mol. The Labute approximate surface area is 158 Å². The monoisotopic (exact) mass is 371 g/mol. The number of aromatic nitrogens is 3. The summed E-state index contributed by atoms with van der Waals surface area (Å²) < 4.78 is 7.50. The van der Waals surface area contributed by atoms with Gasteiger partial charge in [-0.3, -0.25) is 14.3 Å². The number of carbonyl (C=O) groups is 2. The fourth-order valence-corrected chi connectivity index (χ4v) is 2.85. The summed E-state index contributed by atoms with van der Waals surface area (Å²) in [5, 5.41) is 8.23. The summed E-state index contributed by atoms with van der Waals surface area (Å²) in [5.74, 6) is 0.689. The number of aryl methyl sites for hydroxylation is 2. The molecule has 4 rings (SSSR count). The molecule has 0 atom stereocenters. The SMILES string of the molecule is CN1CCN(C)C(=O)c2ccc(cc2)OCCCn2cc(nn2)CCC1=O. The van der Waals surface area contributed by atoms with Gasteiger partial charge < -0.3 is 14.5 Å². The highest BCUT2D eigenvalue weighted by molar-refractivity contribution is 5.94. The zero-order valence-corrected chi connectivity index (χ0v) is 15.8. The van der Waals surface area contributed by atoms with Gasteiger partial charge in [0.2, 0.25) is 5.91 Å². The van der Waals surface area contributed by atoms with Crippen LogP contribution in [0.15, 0.2) is 30.5 Å². The highest BCUT2D eigenvalue weighted by atomic mass is 16.5. The number of amides is 2. The minimum atomic E-state index is -0.0732. The van der Waals surface area contributed by atoms with Crippen LogP contribution in [0, 0.1) is 0 Å². The van der Waals surface area contributed by atoms with Crippen molar-refractivity contribution in [3.8, 4) is 5.75 Å². The molecule has 2 aliphatic heterocycles. The van der Waals surface area contributed by atoms with Crippen molar-refractivity contribution in [1.82, 2.24) is 24.8 Å². The Kier molecular flexibility index (Phi) is 6.05. The van der Waals surface area contributed by atoms with E-state index in [9.17, 15) is 9.59 Å². The van der Waals surface area contributed by atoms with Crippen molar-refractivity contribution in [2.24, 2.45) is 0 Å². The Bertz CT molecular complexity index is 787. The maximum absolute atomic E-state index is 12.5. The summed E-state index contributed by atoms with van der Waals surface area (Å²) >= 11 is 0. The van der Waals surface area contributed by atoms with E-state index >= 15 is 0 Å². The quantitative estimate of drug-likeness (QED) is 0.696. The van der Waals surface area contributed by atoms with Crippen LogP contribution in [0.1, 0.15) is 28.9 Å². The van der Waals surface area contributed by atoms with E-state index in [4.69, 9.17) is 4.74 Å². The molecule has 4 bridgehead atoms. The van der Waals surface area contributed by atoms with Gasteiger partial charge in [-0.25, -0.2) is 0 Å². The largest absolute Gasteiger partial charge is 0.494 e. The molecule has 2 aromatic rings. The molecule has 0 N–H and O–H groups in total. The van der Waals surface area contributed by atoms with Gasteiger partial charge in [0, 0.05) is 64.8 Å². The van der Waals surface area contributed by atoms with Crippen molar-refractivity contribution in [1.29, 1.82) is 0 Å². The number of fused-ring (bicyclic) bond motifs is 12. The Hall–Kier alpha value is -2.90. The van der Waals surface area contributed by atoms with E-state index in [0.717, 1.165) is 17.9 Å². The van der Waals surface area contributed by atoms with Crippen molar-refractivity contribution < 1.29 is 14.3 Å². The molecule has 27 heavy (non-hydrogen) atoms. The predicted octanol–water partition coefficient (Wildman–Crippen LogP) is 1.22. The lowest BCUT2D eigenvalue weighted by Gasteiger charge is -2.22. The standard InChI is InChI=1S/C19H25N5O3/c1-22-11-12-23(2)19(26)15-4-7-17(8-5-15)27-13-3-10-24-14-16(20-21-24)6-9-18(22)25/h4-5,7-8,14H,3,6,9-13H2,1-2H3. The fraction of sp³-hybridized carbons (Fsp3) is 0.474. The molecule has 144 valence electrons. The van der Waals surface area contributed by atoms with Crippen LogP contribution in [0.2, 0.25) is 0 Å². The number of carbonyl (C=O) groups excluding carboxylic acids is 2. The van der Waals surface area contributed by atoms with Crippen LogP contribution in [0.4, 0.5) is 0 Å². The number of hydrogen-bond acceptors (Lipinski definition) is 5. The van der Waals surface area contributed by atoms with Crippen LogP contribution >= 0.6 is 0 Å². The van der Waals surface area contributed by atoms with Crippen molar-refractivity contribution in [3.05, 3.63) is 41.7 Å². The second kappa shape index (κ2) is 8.66. The zero-order valence-electron chi connectivity index (χ0n) is 15.8. The second-order valence-corrected chi connectivity index (χ2v) is 6.74. The topological polar surface area (TPSA) is 80.6 Å². The molecule has 1 aromatic heterocycles. The highest BCUT2D eigenvalue weighted by Gasteiger charge is 2.15. The van der Waals surface area contributed by atoms with E-state index in [1.165, 1.54) is 0 Å². The average Bonchev–Trinajstić information content (AvgIpc) is 3.14. The molecule has 0 saturated carbocycles. The molecule has 0 fully saturated rings. The van der Waals surface area contributed by atoms with Gasteiger partial charge in [0.15, 0.2) is 0 Å². The summed E-state index contributed by atoms with van der Waals surface area (Å²) in [4.78, 5) is 28.1. The van der Waals surface area contributed by atoms with Crippen molar-refractivity contribution in [3.63, 3.8) is 0 Å². The van der Waals surface area contributed by atoms with Crippen LogP contribution in [-0.2, 0) is 17.8 Å². The minimum Gasteiger partial charge on any atom is -0.494 e. The van der Waals surface area contributed by atoms with Crippen LogP contribution in [0.3, 0.4) is 0 Å². The maximum Gasteiger partial charge on any atom is 0.253 e. The molecule has 0 spiro atoms. The fourth-order valence-electron chi connectivity index (χ4n) is 2.85. The first kappa shape index (κ1) is 18.9. The van der Waals surface area contributed by atoms with Gasteiger partial charge >= 0.3 is 0 Å². The first-order chi connectivity index (χ1) is 13.0. The lowest BCUT2D eigenvalue weighted by atomic mass is 10.2. The molecule has 0 saturated heterocycles. The third-order valence-corrected chi connectivity index (χ3v) is 4.63. The smallest absolute Gasteiger partial charge is 0.253 e. The number of ether oxygens (including phenoxy) is 1. The minimum absolute atomic E-state index is 0.0288. The van der Waals surface area contributed by atoms with E-state index in [0.29, 0.717) is 44.6 Å². The lowest BCUT2D eigenvalue weighted by Crippen LogP contribution is -2.37. The Morgan fingerprint density at radius 2 is 1.70 bits per heavy atom. The van der Waals surface area contributed by atoms with E-state index in [1.807, 2.05) is 6.20 Å². The third kappa shape index (κ3) is 5.06. The third-order valence-electron chi connectivity index (χ3n) is 4.63. The first-order valence-corrected chi connectivity index (χ1v) is 9.14. The highest BCUT2D eigenvalue weighted by Crippen LogP contribution is 2.14. The van der Waals surface area contributed by atoms with Gasteiger partial charge in [-0.15, -0.1) is 5.10 Å². The molecular weight excluding hydrogens is 346 g/mol. The Morgan fingerprint density at radius 3 is 2.48 bits per heavy atom.